The first-order chi connectivity index (χ1) is 8.19. The highest BCUT2D eigenvalue weighted by molar-refractivity contribution is 5.15. The molecular formula is C13H18O4. The Balaban J connectivity index is 2.64. The monoisotopic (exact) mass is 238 g/mol. The minimum absolute atomic E-state index is 0.344. The van der Waals surface area contributed by atoms with Crippen LogP contribution in [0.4, 0.5) is 0 Å². The van der Waals surface area contributed by atoms with Crippen molar-refractivity contribution in [3.63, 3.8) is 0 Å². The number of ether oxygens (including phenoxy) is 1. The molecule has 1 aromatic carbocycles. The Labute approximate surface area is 101 Å². The second-order valence-corrected chi connectivity index (χ2v) is 3.77. The smallest absolute Gasteiger partial charge is 0.152 e. The first-order valence-electron chi connectivity index (χ1n) is 5.46. The molecule has 0 saturated carbocycles. The van der Waals surface area contributed by atoms with Crippen molar-refractivity contribution in [1.29, 1.82) is 0 Å². The van der Waals surface area contributed by atoms with Gasteiger partial charge in [-0.2, -0.15) is 0 Å². The molecule has 3 atom stereocenters. The zero-order valence-electron chi connectivity index (χ0n) is 9.57. The third-order valence-electron chi connectivity index (χ3n) is 2.49. The van der Waals surface area contributed by atoms with E-state index in [0.717, 1.165) is 11.8 Å². The average Bonchev–Trinajstić information content (AvgIpc) is 2.36. The largest absolute Gasteiger partial charge is 0.493 e. The summed E-state index contributed by atoms with van der Waals surface area (Å²) < 4.78 is 5.03. The van der Waals surface area contributed by atoms with Crippen LogP contribution >= 0.6 is 0 Å². The Morgan fingerprint density at radius 2 is 1.82 bits per heavy atom. The van der Waals surface area contributed by atoms with E-state index in [4.69, 9.17) is 9.84 Å². The molecule has 1 aromatic rings. The van der Waals surface area contributed by atoms with E-state index < -0.39 is 24.9 Å². The van der Waals surface area contributed by atoms with E-state index in [-0.39, 0.29) is 0 Å². The van der Waals surface area contributed by atoms with Gasteiger partial charge in [-0.25, -0.2) is 0 Å². The minimum Gasteiger partial charge on any atom is -0.493 e. The molecule has 0 aromatic heterocycles. The van der Waals surface area contributed by atoms with Crippen LogP contribution < -0.4 is 0 Å². The third kappa shape index (κ3) is 4.19. The van der Waals surface area contributed by atoms with E-state index in [1.807, 2.05) is 30.3 Å². The van der Waals surface area contributed by atoms with Crippen LogP contribution in [-0.2, 0) is 11.2 Å². The van der Waals surface area contributed by atoms with Crippen LogP contribution in [0.1, 0.15) is 5.56 Å². The summed E-state index contributed by atoms with van der Waals surface area (Å²) in [5, 5.41) is 28.3. The van der Waals surface area contributed by atoms with Crippen molar-refractivity contribution in [1.82, 2.24) is 0 Å². The average molecular weight is 238 g/mol. The third-order valence-corrected chi connectivity index (χ3v) is 2.49. The molecule has 4 nitrogen and oxygen atoms in total. The SMILES string of the molecule is C=CO[C@@H](C(O)Cc1ccccc1)[C@H](O)CO. The highest BCUT2D eigenvalue weighted by Crippen LogP contribution is 2.12. The first-order valence-corrected chi connectivity index (χ1v) is 5.46. The Morgan fingerprint density at radius 3 is 2.35 bits per heavy atom. The molecule has 1 unspecified atom stereocenters. The molecule has 0 amide bonds. The number of aliphatic hydroxyl groups is 3. The zero-order chi connectivity index (χ0) is 12.7. The summed E-state index contributed by atoms with van der Waals surface area (Å²) in [6, 6.07) is 9.37. The maximum Gasteiger partial charge on any atom is 0.152 e. The summed E-state index contributed by atoms with van der Waals surface area (Å²) in [4.78, 5) is 0. The highest BCUT2D eigenvalue weighted by Gasteiger charge is 2.27. The van der Waals surface area contributed by atoms with Crippen LogP contribution in [0.2, 0.25) is 0 Å². The van der Waals surface area contributed by atoms with E-state index in [2.05, 4.69) is 6.58 Å². The molecule has 1 rings (SSSR count). The molecule has 3 N–H and O–H groups in total. The van der Waals surface area contributed by atoms with Gasteiger partial charge in [0.05, 0.1) is 19.0 Å². The van der Waals surface area contributed by atoms with Crippen LogP contribution in [0.5, 0.6) is 0 Å². The second kappa shape index (κ2) is 7.06. The number of hydrogen-bond donors (Lipinski definition) is 3. The Morgan fingerprint density at radius 1 is 1.18 bits per heavy atom. The van der Waals surface area contributed by atoms with Crippen molar-refractivity contribution in [3.8, 4) is 0 Å². The quantitative estimate of drug-likeness (QED) is 0.604. The van der Waals surface area contributed by atoms with Gasteiger partial charge in [-0.1, -0.05) is 36.9 Å². The fourth-order valence-electron chi connectivity index (χ4n) is 1.62. The predicted molar refractivity (Wildman–Crippen MR) is 64.3 cm³/mol. The fraction of sp³-hybridized carbons (Fsp3) is 0.385. The lowest BCUT2D eigenvalue weighted by molar-refractivity contribution is -0.0812. The number of aliphatic hydroxyl groups excluding tert-OH is 3. The molecule has 0 aliphatic carbocycles. The Bertz CT molecular complexity index is 325. The zero-order valence-corrected chi connectivity index (χ0v) is 9.57. The van der Waals surface area contributed by atoms with Gasteiger partial charge in [0, 0.05) is 6.42 Å². The minimum atomic E-state index is -1.13. The van der Waals surface area contributed by atoms with Crippen molar-refractivity contribution < 1.29 is 20.1 Å². The van der Waals surface area contributed by atoms with Gasteiger partial charge in [-0.3, -0.25) is 0 Å². The van der Waals surface area contributed by atoms with Gasteiger partial charge in [0.2, 0.25) is 0 Å². The summed E-state index contributed by atoms with van der Waals surface area (Å²) in [5.41, 5.74) is 0.933. The molecule has 0 bridgehead atoms. The van der Waals surface area contributed by atoms with Gasteiger partial charge in [-0.15, -0.1) is 0 Å². The molecule has 94 valence electrons. The van der Waals surface area contributed by atoms with Gasteiger partial charge in [0.15, 0.2) is 6.10 Å². The Kier molecular flexibility index (Phi) is 5.69. The number of benzene rings is 1. The molecule has 0 heterocycles. The lowest BCUT2D eigenvalue weighted by Crippen LogP contribution is -2.41. The van der Waals surface area contributed by atoms with Gasteiger partial charge >= 0.3 is 0 Å². The highest BCUT2D eigenvalue weighted by atomic mass is 16.5. The van der Waals surface area contributed by atoms with Crippen molar-refractivity contribution in [2.45, 2.75) is 24.7 Å². The summed E-state index contributed by atoms with van der Waals surface area (Å²) >= 11 is 0. The van der Waals surface area contributed by atoms with Gasteiger partial charge in [-0.05, 0) is 5.56 Å². The first kappa shape index (κ1) is 13.7. The summed E-state index contributed by atoms with van der Waals surface area (Å²) in [6.45, 7) is 2.91. The summed E-state index contributed by atoms with van der Waals surface area (Å²) in [5.74, 6) is 0. The van der Waals surface area contributed by atoms with Gasteiger partial charge < -0.3 is 20.1 Å². The van der Waals surface area contributed by atoms with Crippen LogP contribution in [0.25, 0.3) is 0 Å². The standard InChI is InChI=1S/C13H18O4/c1-2-17-13(12(16)9-14)11(15)8-10-6-4-3-5-7-10/h2-7,11-16H,1,8-9H2/t11?,12-,13+/m1/s1. The molecule has 0 fully saturated rings. The molecule has 4 heteroatoms. The van der Waals surface area contributed by atoms with Crippen LogP contribution in [0, 0.1) is 0 Å². The Hall–Kier alpha value is -1.36. The topological polar surface area (TPSA) is 69.9 Å². The van der Waals surface area contributed by atoms with Crippen LogP contribution in [0.3, 0.4) is 0 Å². The number of hydrogen-bond acceptors (Lipinski definition) is 4. The molecule has 0 spiro atoms. The lowest BCUT2D eigenvalue weighted by atomic mass is 10.0. The van der Waals surface area contributed by atoms with Gasteiger partial charge in [0.1, 0.15) is 6.10 Å². The maximum absolute atomic E-state index is 9.95. The van der Waals surface area contributed by atoms with Crippen molar-refractivity contribution in [3.05, 3.63) is 48.7 Å². The van der Waals surface area contributed by atoms with Crippen molar-refractivity contribution in [2.75, 3.05) is 6.61 Å². The maximum atomic E-state index is 9.95. The van der Waals surface area contributed by atoms with Crippen molar-refractivity contribution >= 4 is 0 Å². The molecule has 0 saturated heterocycles. The van der Waals surface area contributed by atoms with E-state index in [9.17, 15) is 10.2 Å². The summed E-state index contributed by atoms with van der Waals surface area (Å²) in [7, 11) is 0. The predicted octanol–water partition coefficient (Wildman–Crippen LogP) is 0.472. The van der Waals surface area contributed by atoms with E-state index >= 15 is 0 Å². The van der Waals surface area contributed by atoms with Crippen molar-refractivity contribution in [2.24, 2.45) is 0 Å². The van der Waals surface area contributed by atoms with Gasteiger partial charge in [0.25, 0.3) is 0 Å². The molecule has 17 heavy (non-hydrogen) atoms. The second-order valence-electron chi connectivity index (χ2n) is 3.77. The molecule has 0 radical (unpaired) electrons. The molecule has 0 aliphatic heterocycles. The van der Waals surface area contributed by atoms with E-state index in [0.29, 0.717) is 6.42 Å². The molecular weight excluding hydrogens is 220 g/mol. The fourth-order valence-corrected chi connectivity index (χ4v) is 1.62. The number of rotatable bonds is 7. The van der Waals surface area contributed by atoms with E-state index in [1.165, 1.54) is 0 Å². The molecule has 0 aliphatic rings. The lowest BCUT2D eigenvalue weighted by Gasteiger charge is -2.25. The summed E-state index contributed by atoms with van der Waals surface area (Å²) in [6.07, 6.45) is -1.42. The van der Waals surface area contributed by atoms with Crippen LogP contribution in [-0.4, -0.2) is 40.2 Å². The normalized spacial score (nSPS) is 15.9. The van der Waals surface area contributed by atoms with E-state index in [1.54, 1.807) is 0 Å². The van der Waals surface area contributed by atoms with Crippen LogP contribution in [0.15, 0.2) is 43.2 Å².